The van der Waals surface area contributed by atoms with E-state index < -0.39 is 0 Å². The Bertz CT molecular complexity index is 485. The molecule has 1 N–H and O–H groups in total. The minimum absolute atomic E-state index is 0.458. The lowest BCUT2D eigenvalue weighted by molar-refractivity contribution is 0.303. The van der Waals surface area contributed by atoms with Crippen LogP contribution in [0.5, 0.6) is 5.75 Å². The maximum atomic E-state index is 5.76. The van der Waals surface area contributed by atoms with Crippen molar-refractivity contribution in [2.75, 3.05) is 0 Å². The molecule has 1 saturated carbocycles. The van der Waals surface area contributed by atoms with Crippen LogP contribution in [-0.4, -0.2) is 16.3 Å². The van der Waals surface area contributed by atoms with Gasteiger partial charge in [-0.3, -0.25) is 5.10 Å². The zero-order chi connectivity index (χ0) is 10.3. The van der Waals surface area contributed by atoms with Crippen LogP contribution < -0.4 is 4.74 Å². The molecule has 3 nitrogen and oxygen atoms in total. The van der Waals surface area contributed by atoms with Crippen molar-refractivity contribution < 1.29 is 4.74 Å². The van der Waals surface area contributed by atoms with Crippen LogP contribution in [0.4, 0.5) is 0 Å². The molecule has 3 rings (SSSR count). The van der Waals surface area contributed by atoms with Gasteiger partial charge in [0, 0.05) is 11.1 Å². The highest BCUT2D eigenvalue weighted by Crippen LogP contribution is 2.29. The summed E-state index contributed by atoms with van der Waals surface area (Å²) in [6.07, 6.45) is 3.83. The molecule has 2 aromatic rings. The van der Waals surface area contributed by atoms with E-state index >= 15 is 0 Å². The van der Waals surface area contributed by atoms with Crippen molar-refractivity contribution in [3.63, 3.8) is 0 Å². The minimum atomic E-state index is 0.458. The van der Waals surface area contributed by atoms with Crippen LogP contribution >= 0.6 is 0 Å². The van der Waals surface area contributed by atoms with Gasteiger partial charge >= 0.3 is 0 Å². The van der Waals surface area contributed by atoms with Crippen LogP contribution in [0.1, 0.15) is 25.5 Å². The summed E-state index contributed by atoms with van der Waals surface area (Å²) in [6.45, 7) is 2.13. The number of H-pyrrole nitrogens is 1. The number of aromatic amines is 1. The fourth-order valence-corrected chi connectivity index (χ4v) is 1.76. The van der Waals surface area contributed by atoms with Gasteiger partial charge < -0.3 is 4.74 Å². The van der Waals surface area contributed by atoms with E-state index in [2.05, 4.69) is 23.2 Å². The van der Waals surface area contributed by atoms with Crippen molar-refractivity contribution in [3.05, 3.63) is 23.9 Å². The molecular weight excluding hydrogens is 188 g/mol. The molecule has 0 aliphatic heterocycles. The molecule has 0 bridgehead atoms. The van der Waals surface area contributed by atoms with Gasteiger partial charge in [0.1, 0.15) is 5.75 Å². The van der Waals surface area contributed by atoms with Crippen LogP contribution in [-0.2, 0) is 6.42 Å². The average Bonchev–Trinajstić information content (AvgIpc) is 2.97. The van der Waals surface area contributed by atoms with Crippen LogP contribution in [0.15, 0.2) is 18.2 Å². The van der Waals surface area contributed by atoms with Crippen LogP contribution in [0.3, 0.4) is 0 Å². The third-order valence-electron chi connectivity index (χ3n) is 2.79. The number of rotatable bonds is 3. The Balaban J connectivity index is 2.01. The predicted octanol–water partition coefficient (Wildman–Crippen LogP) is 2.67. The Labute approximate surface area is 88.4 Å². The monoisotopic (exact) mass is 202 g/mol. The SMILES string of the molecule is CCc1[nH]nc2ccc(OC3CC3)cc12. The summed E-state index contributed by atoms with van der Waals surface area (Å²) in [4.78, 5) is 0. The van der Waals surface area contributed by atoms with Gasteiger partial charge in [0.15, 0.2) is 0 Å². The zero-order valence-corrected chi connectivity index (χ0v) is 8.79. The first-order chi connectivity index (χ1) is 7.36. The molecule has 0 radical (unpaired) electrons. The first-order valence-electron chi connectivity index (χ1n) is 5.50. The predicted molar refractivity (Wildman–Crippen MR) is 59.1 cm³/mol. The molecule has 1 aliphatic carbocycles. The van der Waals surface area contributed by atoms with E-state index in [0.717, 1.165) is 17.7 Å². The lowest BCUT2D eigenvalue weighted by Crippen LogP contribution is -1.95. The number of nitrogens with one attached hydrogen (secondary N) is 1. The number of hydrogen-bond donors (Lipinski definition) is 1. The number of fused-ring (bicyclic) bond motifs is 1. The number of benzene rings is 1. The number of aryl methyl sites for hydroxylation is 1. The molecule has 1 aromatic heterocycles. The Morgan fingerprint density at radius 3 is 3.07 bits per heavy atom. The normalized spacial score (nSPS) is 15.8. The summed E-state index contributed by atoms with van der Waals surface area (Å²) in [7, 11) is 0. The van der Waals surface area contributed by atoms with Crippen LogP contribution in [0.25, 0.3) is 10.9 Å². The Kier molecular flexibility index (Phi) is 1.91. The van der Waals surface area contributed by atoms with E-state index in [4.69, 9.17) is 4.74 Å². The van der Waals surface area contributed by atoms with Gasteiger partial charge in [-0.1, -0.05) is 6.92 Å². The summed E-state index contributed by atoms with van der Waals surface area (Å²) in [5.74, 6) is 0.973. The number of nitrogens with zero attached hydrogens (tertiary/aromatic N) is 1. The molecule has 15 heavy (non-hydrogen) atoms. The van der Waals surface area contributed by atoms with Gasteiger partial charge in [-0.25, -0.2) is 0 Å². The van der Waals surface area contributed by atoms with Gasteiger partial charge in [-0.05, 0) is 37.5 Å². The standard InChI is InChI=1S/C12H14N2O/c1-2-11-10-7-9(15-8-3-4-8)5-6-12(10)14-13-11/h5-8H,2-4H2,1H3,(H,13,14). The second-order valence-electron chi connectivity index (χ2n) is 4.05. The van der Waals surface area contributed by atoms with E-state index in [-0.39, 0.29) is 0 Å². The highest BCUT2D eigenvalue weighted by Gasteiger charge is 2.23. The van der Waals surface area contributed by atoms with E-state index in [1.165, 1.54) is 23.9 Å². The fraction of sp³-hybridized carbons (Fsp3) is 0.417. The summed E-state index contributed by atoms with van der Waals surface area (Å²) in [5.41, 5.74) is 2.21. The molecule has 1 heterocycles. The maximum absolute atomic E-state index is 5.76. The van der Waals surface area contributed by atoms with Gasteiger partial charge in [0.2, 0.25) is 0 Å². The van der Waals surface area contributed by atoms with Crippen molar-refractivity contribution >= 4 is 10.9 Å². The lowest BCUT2D eigenvalue weighted by Gasteiger charge is -2.03. The average molecular weight is 202 g/mol. The molecule has 1 aromatic carbocycles. The Hall–Kier alpha value is -1.51. The molecule has 1 aliphatic rings. The van der Waals surface area contributed by atoms with Crippen LogP contribution in [0.2, 0.25) is 0 Å². The Morgan fingerprint density at radius 2 is 2.33 bits per heavy atom. The quantitative estimate of drug-likeness (QED) is 0.830. The highest BCUT2D eigenvalue weighted by atomic mass is 16.5. The van der Waals surface area contributed by atoms with Gasteiger partial charge in [0.05, 0.1) is 11.6 Å². The second kappa shape index (κ2) is 3.26. The largest absolute Gasteiger partial charge is 0.490 e. The fourth-order valence-electron chi connectivity index (χ4n) is 1.76. The van der Waals surface area contributed by atoms with Crippen molar-refractivity contribution in [2.45, 2.75) is 32.3 Å². The number of hydrogen-bond acceptors (Lipinski definition) is 2. The smallest absolute Gasteiger partial charge is 0.120 e. The first kappa shape index (κ1) is 8.77. The maximum Gasteiger partial charge on any atom is 0.120 e. The van der Waals surface area contributed by atoms with E-state index in [9.17, 15) is 0 Å². The van der Waals surface area contributed by atoms with Crippen molar-refractivity contribution in [3.8, 4) is 5.75 Å². The molecule has 0 atom stereocenters. The molecule has 0 spiro atoms. The molecule has 1 fully saturated rings. The molecule has 0 saturated heterocycles. The van der Waals surface area contributed by atoms with Gasteiger partial charge in [-0.2, -0.15) is 5.10 Å². The highest BCUT2D eigenvalue weighted by molar-refractivity contribution is 5.82. The molecule has 0 unspecified atom stereocenters. The summed E-state index contributed by atoms with van der Waals surface area (Å²) in [6, 6.07) is 6.11. The summed E-state index contributed by atoms with van der Waals surface area (Å²) >= 11 is 0. The topological polar surface area (TPSA) is 37.9 Å². The second-order valence-corrected chi connectivity index (χ2v) is 4.05. The lowest BCUT2D eigenvalue weighted by atomic mass is 10.2. The Morgan fingerprint density at radius 1 is 1.47 bits per heavy atom. The minimum Gasteiger partial charge on any atom is -0.490 e. The molecule has 0 amide bonds. The van der Waals surface area contributed by atoms with E-state index in [1.807, 2.05) is 12.1 Å². The van der Waals surface area contributed by atoms with E-state index in [0.29, 0.717) is 6.10 Å². The number of ether oxygens (including phenoxy) is 1. The summed E-state index contributed by atoms with van der Waals surface area (Å²) < 4.78 is 5.76. The third-order valence-corrected chi connectivity index (χ3v) is 2.79. The summed E-state index contributed by atoms with van der Waals surface area (Å²) in [5, 5.41) is 8.49. The first-order valence-corrected chi connectivity index (χ1v) is 5.50. The number of aromatic nitrogens is 2. The molecule has 3 heteroatoms. The van der Waals surface area contributed by atoms with Crippen molar-refractivity contribution in [1.29, 1.82) is 0 Å². The van der Waals surface area contributed by atoms with E-state index in [1.54, 1.807) is 0 Å². The van der Waals surface area contributed by atoms with Gasteiger partial charge in [-0.15, -0.1) is 0 Å². The molecular formula is C12H14N2O. The van der Waals surface area contributed by atoms with Gasteiger partial charge in [0.25, 0.3) is 0 Å². The molecule has 78 valence electrons. The zero-order valence-electron chi connectivity index (χ0n) is 8.79. The third kappa shape index (κ3) is 1.58. The van der Waals surface area contributed by atoms with Crippen molar-refractivity contribution in [1.82, 2.24) is 10.2 Å². The van der Waals surface area contributed by atoms with Crippen molar-refractivity contribution in [2.24, 2.45) is 0 Å². The van der Waals surface area contributed by atoms with Crippen LogP contribution in [0, 0.1) is 0 Å².